The second-order valence-electron chi connectivity index (χ2n) is 7.18. The van der Waals surface area contributed by atoms with Crippen LogP contribution in [-0.2, 0) is 11.3 Å². The Labute approximate surface area is 164 Å². The fourth-order valence-corrected chi connectivity index (χ4v) is 3.36. The molecular weight excluding hydrogens is 355 g/mol. The summed E-state index contributed by atoms with van der Waals surface area (Å²) in [6.45, 7) is 2.85. The molecule has 0 saturated heterocycles. The number of nitrogens with one attached hydrogen (secondary N) is 2. The highest BCUT2D eigenvalue weighted by atomic mass is 19.1. The number of carbonyl (C=O) groups excluding carboxylic acids is 1. The largest absolute Gasteiger partial charge is 0.494 e. The van der Waals surface area contributed by atoms with Gasteiger partial charge in [-0.1, -0.05) is 36.4 Å². The number of fused-ring (bicyclic) bond motifs is 1. The lowest BCUT2D eigenvalue weighted by atomic mass is 10.0. The summed E-state index contributed by atoms with van der Waals surface area (Å²) in [5.41, 5.74) is 1.90. The number of carbonyl (C=O) groups is 1. The lowest BCUT2D eigenvalue weighted by Gasteiger charge is -2.18. The summed E-state index contributed by atoms with van der Waals surface area (Å²) in [5, 5.41) is 5.39. The van der Waals surface area contributed by atoms with Crippen LogP contribution in [0.5, 0.6) is 5.75 Å². The normalized spacial score (nSPS) is 13.1. The lowest BCUT2D eigenvalue weighted by molar-refractivity contribution is -0.885. The molecule has 3 aromatic carbocycles. The molecule has 4 nitrogen and oxygen atoms in total. The van der Waals surface area contributed by atoms with Gasteiger partial charge in [0.15, 0.2) is 18.1 Å². The van der Waals surface area contributed by atoms with Crippen LogP contribution in [0, 0.1) is 5.82 Å². The van der Waals surface area contributed by atoms with Gasteiger partial charge < -0.3 is 15.0 Å². The first kappa shape index (κ1) is 19.8. The van der Waals surface area contributed by atoms with Gasteiger partial charge in [-0.3, -0.25) is 4.79 Å². The highest BCUT2D eigenvalue weighted by molar-refractivity contribution is 5.83. The smallest absolute Gasteiger partial charge is 0.275 e. The number of amides is 1. The highest BCUT2D eigenvalue weighted by Gasteiger charge is 2.15. The van der Waals surface area contributed by atoms with E-state index in [2.05, 4.69) is 29.6 Å². The molecule has 0 fully saturated rings. The Morgan fingerprint density at radius 1 is 1.11 bits per heavy atom. The predicted molar refractivity (Wildman–Crippen MR) is 109 cm³/mol. The minimum absolute atomic E-state index is 0.0351. The second-order valence-corrected chi connectivity index (χ2v) is 7.18. The molecule has 0 aliphatic carbocycles. The second kappa shape index (κ2) is 8.85. The van der Waals surface area contributed by atoms with Crippen LogP contribution in [-0.4, -0.2) is 26.6 Å². The van der Waals surface area contributed by atoms with Crippen molar-refractivity contribution in [2.24, 2.45) is 0 Å². The molecule has 3 rings (SSSR count). The van der Waals surface area contributed by atoms with Gasteiger partial charge in [0.1, 0.15) is 6.54 Å². The molecular formula is C23H26FN2O2+. The zero-order valence-electron chi connectivity index (χ0n) is 16.5. The van der Waals surface area contributed by atoms with Crippen molar-refractivity contribution in [3.63, 3.8) is 0 Å². The van der Waals surface area contributed by atoms with Crippen LogP contribution in [0.3, 0.4) is 0 Å². The maximum atomic E-state index is 13.8. The molecule has 0 aliphatic rings. The van der Waals surface area contributed by atoms with Crippen molar-refractivity contribution in [2.75, 3.05) is 20.7 Å². The Kier molecular flexibility index (Phi) is 6.26. The SMILES string of the molecule is COc1ccc(C[NH+](C)CC(=O)N[C@@H](C)c2ccc3ccccc3c2)cc1F. The molecule has 28 heavy (non-hydrogen) atoms. The van der Waals surface area contributed by atoms with Crippen molar-refractivity contribution in [3.8, 4) is 5.75 Å². The Bertz CT molecular complexity index is 974. The molecule has 0 aromatic heterocycles. The van der Waals surface area contributed by atoms with E-state index in [1.54, 1.807) is 6.07 Å². The van der Waals surface area contributed by atoms with Gasteiger partial charge in [-0.2, -0.15) is 0 Å². The number of hydrogen-bond donors (Lipinski definition) is 2. The Morgan fingerprint density at radius 2 is 1.86 bits per heavy atom. The zero-order valence-corrected chi connectivity index (χ0v) is 16.5. The summed E-state index contributed by atoms with van der Waals surface area (Å²) in [6, 6.07) is 19.2. The third kappa shape index (κ3) is 4.87. The summed E-state index contributed by atoms with van der Waals surface area (Å²) in [6.07, 6.45) is 0. The highest BCUT2D eigenvalue weighted by Crippen LogP contribution is 2.20. The van der Waals surface area contributed by atoms with Gasteiger partial charge in [0, 0.05) is 5.56 Å². The van der Waals surface area contributed by atoms with Gasteiger partial charge >= 0.3 is 0 Å². The fourth-order valence-electron chi connectivity index (χ4n) is 3.36. The Balaban J connectivity index is 1.57. The lowest BCUT2D eigenvalue weighted by Crippen LogP contribution is -3.08. The van der Waals surface area contributed by atoms with Gasteiger partial charge in [0.25, 0.3) is 5.91 Å². The maximum Gasteiger partial charge on any atom is 0.275 e. The van der Waals surface area contributed by atoms with Crippen molar-refractivity contribution in [1.82, 2.24) is 5.32 Å². The van der Waals surface area contributed by atoms with Crippen molar-refractivity contribution >= 4 is 16.7 Å². The van der Waals surface area contributed by atoms with Crippen LogP contribution in [0.4, 0.5) is 4.39 Å². The Morgan fingerprint density at radius 3 is 2.57 bits per heavy atom. The minimum atomic E-state index is -0.387. The van der Waals surface area contributed by atoms with Crippen molar-refractivity contribution in [2.45, 2.75) is 19.5 Å². The summed E-state index contributed by atoms with van der Waals surface area (Å²) < 4.78 is 18.8. The number of likely N-dealkylation sites (N-methyl/N-ethyl adjacent to an activating group) is 1. The standard InChI is InChI=1S/C23H25FN2O2/c1-16(19-10-9-18-6-4-5-7-20(18)13-19)25-23(27)15-26(2)14-17-8-11-22(28-3)21(24)12-17/h4-13,16H,14-15H2,1-3H3,(H,25,27)/p+1/t16-/m0/s1. The first-order valence-corrected chi connectivity index (χ1v) is 9.38. The third-order valence-electron chi connectivity index (χ3n) is 4.84. The molecule has 0 spiro atoms. The van der Waals surface area contributed by atoms with E-state index in [1.807, 2.05) is 38.2 Å². The van der Waals surface area contributed by atoms with Crippen LogP contribution >= 0.6 is 0 Å². The average Bonchev–Trinajstić information content (AvgIpc) is 2.67. The third-order valence-corrected chi connectivity index (χ3v) is 4.84. The van der Waals surface area contributed by atoms with E-state index < -0.39 is 0 Å². The number of rotatable bonds is 7. The van der Waals surface area contributed by atoms with Crippen molar-refractivity contribution < 1.29 is 18.8 Å². The van der Waals surface area contributed by atoms with E-state index in [0.717, 1.165) is 21.4 Å². The van der Waals surface area contributed by atoms with Crippen LogP contribution in [0.25, 0.3) is 10.8 Å². The summed E-state index contributed by atoms with van der Waals surface area (Å²) in [7, 11) is 3.36. The minimum Gasteiger partial charge on any atom is -0.494 e. The van der Waals surface area contributed by atoms with E-state index >= 15 is 0 Å². The van der Waals surface area contributed by atoms with E-state index in [9.17, 15) is 9.18 Å². The monoisotopic (exact) mass is 381 g/mol. The van der Waals surface area contributed by atoms with Gasteiger partial charge in [-0.25, -0.2) is 4.39 Å². The molecule has 2 atom stereocenters. The number of hydrogen-bond acceptors (Lipinski definition) is 2. The Hall–Kier alpha value is -2.92. The first-order valence-electron chi connectivity index (χ1n) is 9.38. The summed E-state index contributed by atoms with van der Waals surface area (Å²) >= 11 is 0. The van der Waals surface area contributed by atoms with E-state index in [1.165, 1.54) is 18.6 Å². The maximum absolute atomic E-state index is 13.8. The quantitative estimate of drug-likeness (QED) is 0.661. The van der Waals surface area contributed by atoms with Crippen molar-refractivity contribution in [1.29, 1.82) is 0 Å². The molecule has 0 bridgehead atoms. The van der Waals surface area contributed by atoms with Gasteiger partial charge in [0.05, 0.1) is 20.2 Å². The summed E-state index contributed by atoms with van der Waals surface area (Å²) in [4.78, 5) is 13.4. The average molecular weight is 381 g/mol. The van der Waals surface area contributed by atoms with Gasteiger partial charge in [-0.05, 0) is 47.5 Å². The molecule has 1 unspecified atom stereocenters. The number of ether oxygens (including phenoxy) is 1. The first-order chi connectivity index (χ1) is 13.5. The topological polar surface area (TPSA) is 42.8 Å². The van der Waals surface area contributed by atoms with Gasteiger partial charge in [-0.15, -0.1) is 0 Å². The molecule has 0 saturated carbocycles. The zero-order chi connectivity index (χ0) is 20.1. The fraction of sp³-hybridized carbons (Fsp3) is 0.261. The molecule has 2 N–H and O–H groups in total. The number of quaternary nitrogens is 1. The summed E-state index contributed by atoms with van der Waals surface area (Å²) in [5.74, 6) is -0.197. The van der Waals surface area contributed by atoms with E-state index in [0.29, 0.717) is 13.1 Å². The van der Waals surface area contributed by atoms with Crippen LogP contribution in [0.2, 0.25) is 0 Å². The van der Waals surface area contributed by atoms with E-state index in [4.69, 9.17) is 4.74 Å². The molecule has 3 aromatic rings. The molecule has 5 heteroatoms. The molecule has 0 heterocycles. The molecule has 0 aliphatic heterocycles. The van der Waals surface area contributed by atoms with Crippen molar-refractivity contribution in [3.05, 3.63) is 77.6 Å². The van der Waals surface area contributed by atoms with Crippen LogP contribution in [0.1, 0.15) is 24.1 Å². The van der Waals surface area contributed by atoms with Gasteiger partial charge in [0.2, 0.25) is 0 Å². The number of halogens is 1. The van der Waals surface area contributed by atoms with E-state index in [-0.39, 0.29) is 23.5 Å². The van der Waals surface area contributed by atoms with Crippen LogP contribution < -0.4 is 15.0 Å². The molecule has 0 radical (unpaired) electrons. The number of benzene rings is 3. The van der Waals surface area contributed by atoms with Crippen LogP contribution in [0.15, 0.2) is 60.7 Å². The molecule has 146 valence electrons. The number of methoxy groups -OCH3 is 1. The molecule has 1 amide bonds. The predicted octanol–water partition coefficient (Wildman–Crippen LogP) is 2.88.